The zero-order chi connectivity index (χ0) is 46.6. The number of rotatable bonds is 7. The lowest BCUT2D eigenvalue weighted by molar-refractivity contribution is -0.0592. The average Bonchev–Trinajstić information content (AvgIpc) is 4.02. The number of amides is 1. The van der Waals surface area contributed by atoms with Crippen LogP contribution in [0.15, 0.2) is 81.2 Å². The number of aromatic nitrogens is 9. The number of imidazole rings is 1. The van der Waals surface area contributed by atoms with E-state index in [1.54, 1.807) is 44.0 Å². The molecule has 2 bridgehead atoms. The fourth-order valence-corrected chi connectivity index (χ4v) is 11.7. The molecule has 3 aliphatic heterocycles. The number of carbonyl (C=O) groups excluding carboxylic acids is 1. The Morgan fingerprint density at radius 3 is 2.39 bits per heavy atom. The number of carbonyl (C=O) groups is 1. The third kappa shape index (κ3) is 5.93. The molecule has 5 aromatic heterocycles. The van der Waals surface area contributed by atoms with Crippen molar-refractivity contribution in [1.82, 2.24) is 48.3 Å². The number of hydrogen-bond donors (Lipinski definition) is 1. The number of ether oxygens (including phenoxy) is 1. The maximum atomic E-state index is 17.7. The lowest BCUT2D eigenvalue weighted by Crippen LogP contribution is -2.45. The molecule has 18 heteroatoms. The third-order valence-electron chi connectivity index (χ3n) is 15.0. The van der Waals surface area contributed by atoms with Crippen LogP contribution in [0, 0.1) is 31.4 Å². The Kier molecular flexibility index (Phi) is 8.84. The number of H-pyrrole nitrogens is 1. The molecule has 2 saturated heterocycles. The van der Waals surface area contributed by atoms with Gasteiger partial charge in [0.05, 0.1) is 46.2 Å². The minimum Gasteiger partial charge on any atom is -0.376 e. The highest BCUT2D eigenvalue weighted by molar-refractivity contribution is 6.00. The fraction of sp³-hybridized carbons (Fsp3) is 0.388. The van der Waals surface area contributed by atoms with Crippen molar-refractivity contribution in [3.63, 3.8) is 0 Å². The average molecular weight is 913 g/mol. The molecule has 8 heterocycles. The number of aromatic amines is 1. The predicted molar refractivity (Wildman–Crippen MR) is 240 cm³/mol. The molecule has 3 unspecified atom stereocenters. The van der Waals surface area contributed by atoms with Gasteiger partial charge < -0.3 is 14.2 Å². The lowest BCUT2D eigenvalue weighted by Gasteiger charge is -2.37. The van der Waals surface area contributed by atoms with Gasteiger partial charge in [0.25, 0.3) is 5.91 Å². The number of alkyl halides is 1. The Morgan fingerprint density at radius 2 is 1.67 bits per heavy atom. The number of nitrogens with one attached hydrogen (secondary N) is 1. The summed E-state index contributed by atoms with van der Waals surface area (Å²) in [6, 6.07) is 12.7. The van der Waals surface area contributed by atoms with Crippen molar-refractivity contribution in [3.05, 3.63) is 139 Å². The monoisotopic (exact) mass is 912 g/mol. The molecule has 12 rings (SSSR count). The smallest absolute Gasteiger partial charge is 0.376 e. The Hall–Kier alpha value is -6.95. The van der Waals surface area contributed by atoms with Crippen LogP contribution in [0.2, 0.25) is 0 Å². The highest BCUT2D eigenvalue weighted by Crippen LogP contribution is 2.57. The second kappa shape index (κ2) is 14.3. The van der Waals surface area contributed by atoms with E-state index in [0.29, 0.717) is 53.8 Å². The van der Waals surface area contributed by atoms with Crippen LogP contribution in [0.3, 0.4) is 0 Å². The first-order valence-corrected chi connectivity index (χ1v) is 22.7. The molecule has 344 valence electrons. The van der Waals surface area contributed by atoms with Gasteiger partial charge in [0.15, 0.2) is 17.8 Å². The number of halogens is 3. The molecule has 8 aromatic rings. The van der Waals surface area contributed by atoms with Crippen LogP contribution < -0.4 is 11.4 Å². The van der Waals surface area contributed by atoms with Crippen LogP contribution in [0.4, 0.5) is 13.2 Å². The first kappa shape index (κ1) is 41.5. The Morgan fingerprint density at radius 1 is 0.925 bits per heavy atom. The topological polar surface area (TPSA) is 156 Å². The second-order valence-electron chi connectivity index (χ2n) is 19.6. The van der Waals surface area contributed by atoms with E-state index in [0.717, 1.165) is 29.3 Å². The van der Waals surface area contributed by atoms with E-state index in [1.807, 2.05) is 23.6 Å². The zero-order valence-electron chi connectivity index (χ0n) is 37.7. The van der Waals surface area contributed by atoms with Gasteiger partial charge in [-0.05, 0) is 131 Å². The zero-order valence-corrected chi connectivity index (χ0v) is 37.7. The van der Waals surface area contributed by atoms with Crippen molar-refractivity contribution in [2.45, 2.75) is 102 Å². The van der Waals surface area contributed by atoms with Gasteiger partial charge >= 0.3 is 11.4 Å². The molecule has 1 aliphatic carbocycles. The lowest BCUT2D eigenvalue weighted by atomic mass is 9.83. The van der Waals surface area contributed by atoms with Crippen molar-refractivity contribution in [1.29, 1.82) is 0 Å². The van der Waals surface area contributed by atoms with Gasteiger partial charge in [-0.2, -0.15) is 10.2 Å². The summed E-state index contributed by atoms with van der Waals surface area (Å²) < 4.78 is 67.5. The molecule has 15 nitrogen and oxygen atoms in total. The van der Waals surface area contributed by atoms with Gasteiger partial charge in [-0.25, -0.2) is 27.4 Å². The van der Waals surface area contributed by atoms with E-state index in [2.05, 4.69) is 41.2 Å². The molecular weight excluding hydrogens is 866 g/mol. The molecule has 0 spiro atoms. The largest absolute Gasteiger partial charge is 0.438 e. The minimum atomic E-state index is -1.79. The van der Waals surface area contributed by atoms with E-state index in [9.17, 15) is 9.59 Å². The summed E-state index contributed by atoms with van der Waals surface area (Å²) in [5.41, 5.74) is 2.11. The number of nitrogens with zero attached hydrogens (tertiary/aromatic N) is 9. The van der Waals surface area contributed by atoms with Crippen molar-refractivity contribution in [2.24, 2.45) is 13.0 Å². The molecule has 6 atom stereocenters. The van der Waals surface area contributed by atoms with Gasteiger partial charge in [-0.1, -0.05) is 18.1 Å². The molecule has 67 heavy (non-hydrogen) atoms. The third-order valence-corrected chi connectivity index (χ3v) is 15.0. The van der Waals surface area contributed by atoms with Gasteiger partial charge in [0, 0.05) is 42.5 Å². The molecule has 1 N–H and O–H groups in total. The minimum absolute atomic E-state index is 0.0213. The predicted octanol–water partition coefficient (Wildman–Crippen LogP) is 8.05. The van der Waals surface area contributed by atoms with Crippen LogP contribution in [0.1, 0.15) is 115 Å². The highest BCUT2D eigenvalue weighted by atomic mass is 19.1. The molecular formula is C49H47F3N10O5. The number of fused-ring (bicyclic) bond motifs is 6. The summed E-state index contributed by atoms with van der Waals surface area (Å²) in [5.74, 6) is -1.65. The molecule has 1 amide bonds. The van der Waals surface area contributed by atoms with Gasteiger partial charge in [-0.3, -0.25) is 28.1 Å². The quantitative estimate of drug-likeness (QED) is 0.168. The van der Waals surface area contributed by atoms with Crippen molar-refractivity contribution in [2.75, 3.05) is 6.61 Å². The summed E-state index contributed by atoms with van der Waals surface area (Å²) in [7, 11) is 1.69. The van der Waals surface area contributed by atoms with Crippen molar-refractivity contribution in [3.8, 4) is 17.2 Å². The Labute approximate surface area is 380 Å². The Balaban J connectivity index is 1.04. The van der Waals surface area contributed by atoms with E-state index in [-0.39, 0.29) is 51.5 Å². The van der Waals surface area contributed by atoms with Crippen LogP contribution in [0.25, 0.3) is 39.0 Å². The van der Waals surface area contributed by atoms with Gasteiger partial charge in [0.2, 0.25) is 0 Å². The van der Waals surface area contributed by atoms with E-state index >= 15 is 18.0 Å². The normalized spacial score (nSPS) is 24.3. The molecule has 4 aliphatic rings. The number of hydrogen-bond acceptors (Lipinski definition) is 8. The number of aryl methyl sites for hydroxylation is 3. The molecule has 3 aromatic carbocycles. The van der Waals surface area contributed by atoms with Crippen LogP contribution in [0.5, 0.6) is 0 Å². The van der Waals surface area contributed by atoms with E-state index in [4.69, 9.17) is 14.4 Å². The Bertz CT molecular complexity index is 3490. The molecule has 0 radical (unpaired) electrons. The summed E-state index contributed by atoms with van der Waals surface area (Å²) in [6.07, 6.45) is 5.36. The summed E-state index contributed by atoms with van der Waals surface area (Å²) in [5, 5.41) is 14.2. The van der Waals surface area contributed by atoms with Crippen LogP contribution in [-0.2, 0) is 17.3 Å². The first-order valence-electron chi connectivity index (χ1n) is 22.7. The van der Waals surface area contributed by atoms with Crippen LogP contribution >= 0.6 is 0 Å². The second-order valence-corrected chi connectivity index (χ2v) is 19.6. The number of benzene rings is 3. The summed E-state index contributed by atoms with van der Waals surface area (Å²) in [4.78, 5) is 47.4. The van der Waals surface area contributed by atoms with E-state index in [1.165, 1.54) is 43.2 Å². The molecule has 1 saturated carbocycles. The van der Waals surface area contributed by atoms with Crippen molar-refractivity contribution >= 4 is 27.7 Å². The highest BCUT2D eigenvalue weighted by Gasteiger charge is 2.60. The van der Waals surface area contributed by atoms with Crippen LogP contribution in [-0.4, -0.2) is 72.5 Å². The van der Waals surface area contributed by atoms with E-state index < -0.39 is 52.8 Å². The SMILES string of the molecule is Cc1cc(-n2nc3c(c2-n2ccn(-c4ccc5c(cnn5C)c4F)c2=O)C2CCC(C3F)N2C(=O)c2cc3cc([C@H]4CCOC(C)(C)C4)ccc3n2[C@@]2(c3noc(=O)[nH]3)C[C@@H]2C)cc(C)c1F. The maximum Gasteiger partial charge on any atom is 0.438 e. The summed E-state index contributed by atoms with van der Waals surface area (Å²) >= 11 is 0. The standard InChI is InChI=1S/C49H47F3N10O5/c1-24-17-30(18-25(2)39(24)50)62-43(59-15-14-58(47(59)65)35-11-9-33-31(40(35)51)23-53-57(33)6)38-34-10-12-36(41(52)42(38)55-62)60(34)44(63)37-20-29-19-27(28-13-16-66-48(4,5)22-28)7-8-32(29)61(37)49(21-26(49)3)45-54-46(64)67-56-45/h7-9,11,14-15,17-20,23,26,28,34,36,41H,10,12-13,16,21-22H2,1-6H3,(H,54,56,64)/t26-,28-,34?,36?,41?,49-/m0/s1. The van der Waals surface area contributed by atoms with Crippen molar-refractivity contribution < 1.29 is 27.2 Å². The van der Waals surface area contributed by atoms with Gasteiger partial charge in [-0.15, -0.1) is 0 Å². The molecule has 3 fully saturated rings. The fourth-order valence-electron chi connectivity index (χ4n) is 11.7. The maximum absolute atomic E-state index is 17.7. The van der Waals surface area contributed by atoms with Gasteiger partial charge in [0.1, 0.15) is 28.6 Å². The summed E-state index contributed by atoms with van der Waals surface area (Å²) in [6.45, 7) is 10.0. The first-order chi connectivity index (χ1) is 32.1.